The van der Waals surface area contributed by atoms with Crippen molar-refractivity contribution in [2.75, 3.05) is 18.4 Å². The number of dihydropyridines is 1. The number of anilines is 1. The standard InChI is InChI=1S/C25H34N8O/c1-16(2)31-12-8-19(9-13-31)21-14-23(33(30-21)22-7-6-17(3)18(4)28-22)29-25(34)20-15-27-32-11-5-10-26-24(20)32/h6-7,10,14-19H,5,8-9,11-13H2,1-4H3,(H,29,34). The van der Waals surface area contributed by atoms with Crippen LogP contribution in [0, 0.1) is 5.92 Å². The number of aryl methyl sites for hydroxylation is 1. The Bertz CT molecular complexity index is 1150. The van der Waals surface area contributed by atoms with E-state index < -0.39 is 0 Å². The van der Waals surface area contributed by atoms with Gasteiger partial charge in [-0.2, -0.15) is 14.9 Å². The second-order valence-corrected chi connectivity index (χ2v) is 9.88. The van der Waals surface area contributed by atoms with Gasteiger partial charge < -0.3 is 10.2 Å². The van der Waals surface area contributed by atoms with E-state index in [1.54, 1.807) is 15.6 Å². The zero-order valence-electron chi connectivity index (χ0n) is 20.5. The molecule has 180 valence electrons. The molecule has 2 aromatic rings. The molecule has 5 heterocycles. The fourth-order valence-electron chi connectivity index (χ4n) is 4.82. The summed E-state index contributed by atoms with van der Waals surface area (Å²) >= 11 is 0. The summed E-state index contributed by atoms with van der Waals surface area (Å²) in [7, 11) is 0. The van der Waals surface area contributed by atoms with Gasteiger partial charge in [-0.3, -0.25) is 9.79 Å². The molecule has 0 spiro atoms. The first kappa shape index (κ1) is 22.7. The Balaban J connectivity index is 1.44. The Morgan fingerprint density at radius 1 is 1.18 bits per heavy atom. The number of rotatable bonds is 4. The summed E-state index contributed by atoms with van der Waals surface area (Å²) < 4.78 is 3.57. The first-order chi connectivity index (χ1) is 16.4. The zero-order chi connectivity index (χ0) is 23.8. The topological polar surface area (TPSA) is 92.7 Å². The molecular weight excluding hydrogens is 428 g/mol. The normalized spacial score (nSPS) is 23.3. The van der Waals surface area contributed by atoms with Crippen LogP contribution >= 0.6 is 0 Å². The fraction of sp³-hybridized carbons (Fsp3) is 0.560. The number of allylic oxidation sites excluding steroid dienone is 1. The van der Waals surface area contributed by atoms with E-state index in [4.69, 9.17) is 10.1 Å². The smallest absolute Gasteiger partial charge is 0.262 e. The number of hydrogen-bond donors (Lipinski definition) is 1. The summed E-state index contributed by atoms with van der Waals surface area (Å²) in [5, 5.41) is 12.4. The number of aromatic nitrogens is 4. The van der Waals surface area contributed by atoms with Crippen LogP contribution in [0.25, 0.3) is 0 Å². The van der Waals surface area contributed by atoms with Gasteiger partial charge in [0.15, 0.2) is 11.7 Å². The molecule has 3 aliphatic rings. The molecule has 2 unspecified atom stereocenters. The van der Waals surface area contributed by atoms with E-state index in [2.05, 4.69) is 54.1 Å². The van der Waals surface area contributed by atoms with Crippen molar-refractivity contribution < 1.29 is 4.79 Å². The number of carbonyl (C=O) groups excluding carboxylic acids is 1. The van der Waals surface area contributed by atoms with Gasteiger partial charge in [0.2, 0.25) is 0 Å². The highest BCUT2D eigenvalue weighted by Gasteiger charge is 2.27. The molecule has 5 rings (SSSR count). The van der Waals surface area contributed by atoms with Crippen molar-refractivity contribution in [1.29, 1.82) is 0 Å². The Labute approximate surface area is 200 Å². The van der Waals surface area contributed by atoms with Crippen molar-refractivity contribution in [3.63, 3.8) is 0 Å². The number of likely N-dealkylation sites (tertiary alicyclic amines) is 1. The first-order valence-electron chi connectivity index (χ1n) is 12.4. The van der Waals surface area contributed by atoms with Crippen LogP contribution in [-0.4, -0.2) is 67.6 Å². The lowest BCUT2D eigenvalue weighted by molar-refractivity contribution is 0.102. The number of nitrogens with one attached hydrogen (secondary N) is 1. The number of aliphatic imine (C=N–C) groups is 2. The molecule has 1 fully saturated rings. The summed E-state index contributed by atoms with van der Waals surface area (Å²) in [5.74, 6) is 2.50. The quantitative estimate of drug-likeness (QED) is 0.747. The molecule has 9 nitrogen and oxygen atoms in total. The monoisotopic (exact) mass is 462 g/mol. The highest BCUT2D eigenvalue weighted by atomic mass is 16.1. The summed E-state index contributed by atoms with van der Waals surface area (Å²) in [4.78, 5) is 25.0. The van der Waals surface area contributed by atoms with Gasteiger partial charge in [0.25, 0.3) is 5.91 Å². The van der Waals surface area contributed by atoms with Crippen LogP contribution in [0.1, 0.15) is 68.9 Å². The molecule has 0 radical (unpaired) electrons. The van der Waals surface area contributed by atoms with Crippen molar-refractivity contribution in [3.05, 3.63) is 35.7 Å². The second-order valence-electron chi connectivity index (χ2n) is 9.88. The lowest BCUT2D eigenvalue weighted by Crippen LogP contribution is -2.37. The summed E-state index contributed by atoms with van der Waals surface area (Å²) in [5.41, 5.74) is 1.48. The predicted octanol–water partition coefficient (Wildman–Crippen LogP) is 3.87. The number of nitrogens with zero attached hydrogens (tertiary/aromatic N) is 7. The van der Waals surface area contributed by atoms with E-state index in [1.807, 2.05) is 18.4 Å². The molecule has 0 aliphatic carbocycles. The third-order valence-corrected chi connectivity index (χ3v) is 7.25. The molecule has 9 heteroatoms. The van der Waals surface area contributed by atoms with Gasteiger partial charge in [-0.1, -0.05) is 13.0 Å². The van der Waals surface area contributed by atoms with Crippen molar-refractivity contribution in [2.45, 2.75) is 71.5 Å². The zero-order valence-corrected chi connectivity index (χ0v) is 20.5. The third-order valence-electron chi connectivity index (χ3n) is 7.25. The van der Waals surface area contributed by atoms with Crippen LogP contribution in [-0.2, 0) is 6.54 Å². The van der Waals surface area contributed by atoms with E-state index in [9.17, 15) is 4.79 Å². The Hall–Kier alpha value is -3.07. The Kier molecular flexibility index (Phi) is 6.20. The maximum absolute atomic E-state index is 13.3. The number of hydrogen-bond acceptors (Lipinski definition) is 6. The molecule has 1 saturated heterocycles. The lowest BCUT2D eigenvalue weighted by Gasteiger charge is -2.33. The number of piperidine rings is 1. The minimum atomic E-state index is -0.232. The molecule has 1 amide bonds. The van der Waals surface area contributed by atoms with Gasteiger partial charge in [-0.05, 0) is 58.7 Å². The summed E-state index contributed by atoms with van der Waals surface area (Å²) in [6.07, 6.45) is 10.5. The average molecular weight is 463 g/mol. The van der Waals surface area contributed by atoms with Crippen LogP contribution in [0.15, 0.2) is 34.4 Å². The van der Waals surface area contributed by atoms with Crippen molar-refractivity contribution in [1.82, 2.24) is 24.5 Å². The van der Waals surface area contributed by atoms with Gasteiger partial charge in [-0.25, -0.2) is 9.67 Å². The van der Waals surface area contributed by atoms with Gasteiger partial charge in [0.05, 0.1) is 17.9 Å². The number of amides is 1. The minimum absolute atomic E-state index is 0.155. The average Bonchev–Trinajstić information content (AvgIpc) is 3.45. The highest BCUT2D eigenvalue weighted by molar-refractivity contribution is 6.08. The van der Waals surface area contributed by atoms with Crippen LogP contribution < -0.4 is 5.32 Å². The predicted molar refractivity (Wildman–Crippen MR) is 134 cm³/mol. The maximum atomic E-state index is 13.3. The van der Waals surface area contributed by atoms with Crippen molar-refractivity contribution >= 4 is 29.6 Å². The van der Waals surface area contributed by atoms with Crippen LogP contribution in [0.2, 0.25) is 0 Å². The third kappa shape index (κ3) is 4.36. The SMILES string of the molecule is CC1C=CC(n2nc(C3CCN(C(C)C)CC3)cc2NC(=O)c2cnn3c2N=CCC3)=NC1C. The van der Waals surface area contributed by atoms with E-state index in [1.165, 1.54) is 0 Å². The van der Waals surface area contributed by atoms with E-state index in [0.717, 1.165) is 50.4 Å². The molecule has 0 bridgehead atoms. The van der Waals surface area contributed by atoms with Crippen LogP contribution in [0.5, 0.6) is 0 Å². The molecule has 34 heavy (non-hydrogen) atoms. The minimum Gasteiger partial charge on any atom is -0.306 e. The Morgan fingerprint density at radius 3 is 2.71 bits per heavy atom. The Morgan fingerprint density at radius 2 is 1.97 bits per heavy atom. The second kappa shape index (κ2) is 9.29. The lowest BCUT2D eigenvalue weighted by atomic mass is 9.93. The molecule has 0 aromatic carbocycles. The van der Waals surface area contributed by atoms with E-state index >= 15 is 0 Å². The van der Waals surface area contributed by atoms with E-state index in [-0.39, 0.29) is 11.9 Å². The maximum Gasteiger partial charge on any atom is 0.262 e. The van der Waals surface area contributed by atoms with Gasteiger partial charge in [0, 0.05) is 37.2 Å². The molecule has 1 N–H and O–H groups in total. The van der Waals surface area contributed by atoms with Crippen molar-refractivity contribution in [3.8, 4) is 0 Å². The molecular formula is C25H34N8O. The fourth-order valence-corrected chi connectivity index (χ4v) is 4.82. The summed E-state index contributed by atoms with van der Waals surface area (Å²) in [6.45, 7) is 11.6. The van der Waals surface area contributed by atoms with Gasteiger partial charge in [-0.15, -0.1) is 0 Å². The highest BCUT2D eigenvalue weighted by Crippen LogP contribution is 2.31. The number of carbonyl (C=O) groups is 1. The van der Waals surface area contributed by atoms with E-state index in [0.29, 0.717) is 35.1 Å². The molecule has 2 atom stereocenters. The van der Waals surface area contributed by atoms with Crippen LogP contribution in [0.4, 0.5) is 11.6 Å². The molecule has 3 aliphatic heterocycles. The molecule has 0 saturated carbocycles. The summed E-state index contributed by atoms with van der Waals surface area (Å²) in [6, 6.07) is 2.73. The molecule has 2 aromatic heterocycles. The van der Waals surface area contributed by atoms with Crippen LogP contribution in [0.3, 0.4) is 0 Å². The van der Waals surface area contributed by atoms with Gasteiger partial charge >= 0.3 is 0 Å². The number of fused-ring (bicyclic) bond motifs is 1. The van der Waals surface area contributed by atoms with Gasteiger partial charge in [0.1, 0.15) is 11.4 Å². The largest absolute Gasteiger partial charge is 0.306 e. The van der Waals surface area contributed by atoms with Crippen molar-refractivity contribution in [2.24, 2.45) is 15.9 Å². The first-order valence-corrected chi connectivity index (χ1v) is 12.4.